The zero-order chi connectivity index (χ0) is 13.7. The number of alkyl halides is 4. The first kappa shape index (κ1) is 19.9. The summed E-state index contributed by atoms with van der Waals surface area (Å²) in [5, 5.41) is -5.43. The molecule has 112 valence electrons. The summed E-state index contributed by atoms with van der Waals surface area (Å²) in [6.45, 7) is 1.90. The van der Waals surface area contributed by atoms with E-state index in [1.54, 1.807) is 0 Å². The van der Waals surface area contributed by atoms with Gasteiger partial charge < -0.3 is 6.15 Å². The van der Waals surface area contributed by atoms with Crippen molar-refractivity contribution in [3.63, 3.8) is 0 Å². The summed E-state index contributed by atoms with van der Waals surface area (Å²) in [4.78, 5) is 0. The van der Waals surface area contributed by atoms with E-state index in [4.69, 9.17) is 4.55 Å². The topological polar surface area (TPSA) is 89.4 Å². The van der Waals surface area contributed by atoms with Crippen molar-refractivity contribution >= 4 is 10.1 Å². The maximum atomic E-state index is 12.9. The van der Waals surface area contributed by atoms with Crippen LogP contribution in [-0.2, 0) is 10.1 Å². The second-order valence-corrected chi connectivity index (χ2v) is 5.32. The molecule has 0 aliphatic carbocycles. The summed E-state index contributed by atoms with van der Waals surface area (Å²) in [6.07, 6.45) is 1.16. The van der Waals surface area contributed by atoms with Crippen molar-refractivity contribution in [2.75, 3.05) is 0 Å². The van der Waals surface area contributed by atoms with Gasteiger partial charge in [-0.25, -0.2) is 0 Å². The van der Waals surface area contributed by atoms with Crippen LogP contribution in [0.5, 0.6) is 0 Å². The Labute approximate surface area is 104 Å². The highest BCUT2D eigenvalue weighted by molar-refractivity contribution is 7.87. The minimum Gasteiger partial charge on any atom is -0.344 e. The van der Waals surface area contributed by atoms with Gasteiger partial charge in [0, 0.05) is 6.42 Å². The van der Waals surface area contributed by atoms with Gasteiger partial charge in [-0.15, -0.1) is 0 Å². The van der Waals surface area contributed by atoms with Crippen molar-refractivity contribution in [3.05, 3.63) is 0 Å². The van der Waals surface area contributed by atoms with Crippen molar-refractivity contribution in [1.82, 2.24) is 6.15 Å². The standard InChI is InChI=1S/C9H16F4O3S.H3N/c1-2-3-4-5-6-7-8(10,11)9(12,13)17(14,15)16;/h2-7H2,1H3,(H,14,15,16);1H3. The van der Waals surface area contributed by atoms with Crippen LogP contribution in [-0.4, -0.2) is 24.1 Å². The predicted octanol–water partition coefficient (Wildman–Crippen LogP) is 3.62. The third kappa shape index (κ3) is 5.07. The monoisotopic (exact) mass is 297 g/mol. The predicted molar refractivity (Wildman–Crippen MR) is 59.8 cm³/mol. The molecular formula is C9H19F4NO3S. The fourth-order valence-corrected chi connectivity index (χ4v) is 1.76. The Kier molecular flexibility index (Phi) is 8.02. The van der Waals surface area contributed by atoms with Crippen LogP contribution in [0.25, 0.3) is 0 Å². The van der Waals surface area contributed by atoms with Gasteiger partial charge >= 0.3 is 21.3 Å². The molecule has 9 heteroatoms. The van der Waals surface area contributed by atoms with E-state index in [9.17, 15) is 26.0 Å². The fourth-order valence-electron chi connectivity index (χ4n) is 1.28. The van der Waals surface area contributed by atoms with E-state index >= 15 is 0 Å². The van der Waals surface area contributed by atoms with Crippen LogP contribution >= 0.6 is 0 Å². The number of halogens is 4. The molecule has 0 amide bonds. The van der Waals surface area contributed by atoms with E-state index in [0.717, 1.165) is 12.8 Å². The molecule has 0 spiro atoms. The molecule has 0 heterocycles. The molecule has 0 aliphatic heterocycles. The lowest BCUT2D eigenvalue weighted by molar-refractivity contribution is -0.164. The molecule has 0 fully saturated rings. The van der Waals surface area contributed by atoms with Crippen molar-refractivity contribution in [2.24, 2.45) is 0 Å². The summed E-state index contributed by atoms with van der Waals surface area (Å²) < 4.78 is 79.6. The van der Waals surface area contributed by atoms with Crippen molar-refractivity contribution in [1.29, 1.82) is 0 Å². The van der Waals surface area contributed by atoms with Crippen molar-refractivity contribution in [3.8, 4) is 0 Å². The normalized spacial score (nSPS) is 13.2. The molecule has 0 rings (SSSR count). The smallest absolute Gasteiger partial charge is 0.344 e. The largest absolute Gasteiger partial charge is 0.431 e. The van der Waals surface area contributed by atoms with Gasteiger partial charge in [-0.2, -0.15) is 26.0 Å². The van der Waals surface area contributed by atoms with Crippen LogP contribution in [0.4, 0.5) is 17.6 Å². The number of hydrogen-bond acceptors (Lipinski definition) is 3. The average Bonchev–Trinajstić information content (AvgIpc) is 2.15. The van der Waals surface area contributed by atoms with Gasteiger partial charge in [0.05, 0.1) is 0 Å². The zero-order valence-corrected chi connectivity index (χ0v) is 11.0. The molecule has 18 heavy (non-hydrogen) atoms. The van der Waals surface area contributed by atoms with E-state index in [0.29, 0.717) is 12.8 Å². The Morgan fingerprint density at radius 3 is 1.83 bits per heavy atom. The molecular weight excluding hydrogens is 278 g/mol. The minimum atomic E-state index is -6.09. The van der Waals surface area contributed by atoms with Crippen LogP contribution in [0.2, 0.25) is 0 Å². The van der Waals surface area contributed by atoms with E-state index in [2.05, 4.69) is 0 Å². The molecule has 0 atom stereocenters. The van der Waals surface area contributed by atoms with Crippen LogP contribution in [0.15, 0.2) is 0 Å². The maximum Gasteiger partial charge on any atom is 0.431 e. The number of hydrogen-bond donors (Lipinski definition) is 2. The molecule has 0 unspecified atom stereocenters. The summed E-state index contributed by atoms with van der Waals surface area (Å²) in [5.41, 5.74) is 0. The molecule has 0 saturated heterocycles. The van der Waals surface area contributed by atoms with Gasteiger partial charge in [-0.05, 0) is 6.42 Å². The molecule has 0 aromatic carbocycles. The Morgan fingerprint density at radius 1 is 1.00 bits per heavy atom. The first-order valence-corrected chi connectivity index (χ1v) is 6.73. The summed E-state index contributed by atoms with van der Waals surface area (Å²) >= 11 is 0. The molecule has 0 bridgehead atoms. The molecule has 0 aromatic rings. The van der Waals surface area contributed by atoms with Crippen molar-refractivity contribution in [2.45, 2.75) is 56.6 Å². The lowest BCUT2D eigenvalue weighted by Crippen LogP contribution is -2.46. The lowest BCUT2D eigenvalue weighted by Gasteiger charge is -2.23. The SMILES string of the molecule is CCCCCCCC(F)(F)C(F)(F)S(=O)(=O)O.N. The van der Waals surface area contributed by atoms with E-state index in [-0.39, 0.29) is 12.6 Å². The highest BCUT2D eigenvalue weighted by atomic mass is 32.2. The first-order valence-electron chi connectivity index (χ1n) is 5.29. The van der Waals surface area contributed by atoms with Crippen LogP contribution in [0, 0.1) is 0 Å². The molecule has 0 saturated carbocycles. The molecule has 4 N–H and O–H groups in total. The van der Waals surface area contributed by atoms with Crippen LogP contribution in [0.3, 0.4) is 0 Å². The molecule has 0 aromatic heterocycles. The second kappa shape index (κ2) is 7.25. The Morgan fingerprint density at radius 2 is 1.44 bits per heavy atom. The fraction of sp³-hybridized carbons (Fsp3) is 1.00. The summed E-state index contributed by atoms with van der Waals surface area (Å²) in [5.74, 6) is -4.74. The van der Waals surface area contributed by atoms with Gasteiger partial charge in [0.1, 0.15) is 0 Å². The highest BCUT2D eigenvalue weighted by Gasteiger charge is 2.64. The minimum absolute atomic E-state index is 0. The third-order valence-electron chi connectivity index (χ3n) is 2.34. The van der Waals surface area contributed by atoms with Crippen molar-refractivity contribution < 1.29 is 30.5 Å². The average molecular weight is 297 g/mol. The zero-order valence-electron chi connectivity index (χ0n) is 10.1. The molecule has 0 aliphatic rings. The van der Waals surface area contributed by atoms with Crippen LogP contribution < -0.4 is 6.15 Å². The summed E-state index contributed by atoms with van der Waals surface area (Å²) in [6, 6.07) is 0. The highest BCUT2D eigenvalue weighted by Crippen LogP contribution is 2.41. The Hall–Kier alpha value is -0.410. The molecule has 4 nitrogen and oxygen atoms in total. The third-order valence-corrected chi connectivity index (χ3v) is 3.29. The van der Waals surface area contributed by atoms with E-state index in [1.807, 2.05) is 6.92 Å². The molecule has 0 radical (unpaired) electrons. The van der Waals surface area contributed by atoms with E-state index in [1.165, 1.54) is 0 Å². The van der Waals surface area contributed by atoms with Gasteiger partial charge in [0.25, 0.3) is 0 Å². The van der Waals surface area contributed by atoms with E-state index < -0.39 is 27.7 Å². The lowest BCUT2D eigenvalue weighted by atomic mass is 10.1. The van der Waals surface area contributed by atoms with Gasteiger partial charge in [0.2, 0.25) is 0 Å². The summed E-state index contributed by atoms with van der Waals surface area (Å²) in [7, 11) is -6.09. The van der Waals surface area contributed by atoms with Gasteiger partial charge in [0.15, 0.2) is 0 Å². The second-order valence-electron chi connectivity index (χ2n) is 3.86. The van der Waals surface area contributed by atoms with Gasteiger partial charge in [-0.3, -0.25) is 4.55 Å². The Bertz CT molecular complexity index is 333. The number of unbranched alkanes of at least 4 members (excludes halogenated alkanes) is 4. The quantitative estimate of drug-likeness (QED) is 0.407. The maximum absolute atomic E-state index is 12.9. The first-order chi connectivity index (χ1) is 7.56. The van der Waals surface area contributed by atoms with Gasteiger partial charge in [-0.1, -0.05) is 32.6 Å². The van der Waals surface area contributed by atoms with Crippen LogP contribution in [0.1, 0.15) is 45.4 Å². The number of rotatable bonds is 8. The Balaban J connectivity index is 0.